The minimum Gasteiger partial charge on any atom is -0.357 e. The van der Waals surface area contributed by atoms with Crippen LogP contribution in [0.1, 0.15) is 29.7 Å². The number of hydrogen-bond donors (Lipinski definition) is 1. The fraction of sp³-hybridized carbons (Fsp3) is 0.318. The van der Waals surface area contributed by atoms with Crippen molar-refractivity contribution in [3.05, 3.63) is 71.2 Å². The van der Waals surface area contributed by atoms with E-state index in [0.29, 0.717) is 13.0 Å². The first-order valence-corrected chi connectivity index (χ1v) is 9.39. The molecule has 2 heterocycles. The first-order chi connectivity index (χ1) is 13.1. The van der Waals surface area contributed by atoms with Crippen LogP contribution in [0.3, 0.4) is 0 Å². The second-order valence-corrected chi connectivity index (χ2v) is 7.36. The fourth-order valence-corrected chi connectivity index (χ4v) is 3.80. The number of hydrogen-bond acceptors (Lipinski definition) is 2. The minimum atomic E-state index is -0.249. The zero-order chi connectivity index (χ0) is 18.8. The van der Waals surface area contributed by atoms with Gasteiger partial charge in [-0.1, -0.05) is 24.3 Å². The van der Waals surface area contributed by atoms with Gasteiger partial charge in [-0.3, -0.25) is 9.69 Å². The summed E-state index contributed by atoms with van der Waals surface area (Å²) >= 11 is 0. The first-order valence-electron chi connectivity index (χ1n) is 9.39. The van der Waals surface area contributed by atoms with E-state index in [4.69, 9.17) is 0 Å². The average Bonchev–Trinajstić information content (AvgIpc) is 3.23. The summed E-state index contributed by atoms with van der Waals surface area (Å²) in [7, 11) is 1.82. The molecular formula is C22H24FN3O. The highest BCUT2D eigenvalue weighted by Gasteiger charge is 2.18. The highest BCUT2D eigenvalue weighted by atomic mass is 19.1. The van der Waals surface area contributed by atoms with Crippen molar-refractivity contribution in [2.45, 2.75) is 32.5 Å². The van der Waals surface area contributed by atoms with Gasteiger partial charge in [0.15, 0.2) is 0 Å². The molecule has 0 fully saturated rings. The predicted octanol–water partition coefficient (Wildman–Crippen LogP) is 4.06. The lowest BCUT2D eigenvalue weighted by Crippen LogP contribution is -2.27. The summed E-state index contributed by atoms with van der Waals surface area (Å²) in [6, 6.07) is 15.1. The lowest BCUT2D eigenvalue weighted by molar-refractivity contribution is -0.130. The maximum Gasteiger partial charge on any atom is 0.222 e. The van der Waals surface area contributed by atoms with Crippen LogP contribution < -0.4 is 0 Å². The quantitative estimate of drug-likeness (QED) is 0.715. The molecule has 1 aliphatic heterocycles. The number of H-pyrrole nitrogens is 1. The number of rotatable bonds is 6. The van der Waals surface area contributed by atoms with E-state index < -0.39 is 0 Å². The number of carbonyl (C=O) groups excluding carboxylic acids is 1. The maximum absolute atomic E-state index is 13.3. The second-order valence-electron chi connectivity index (χ2n) is 7.36. The molecule has 0 bridgehead atoms. The Kier molecular flexibility index (Phi) is 4.94. The Morgan fingerprint density at radius 1 is 1.15 bits per heavy atom. The van der Waals surface area contributed by atoms with Crippen LogP contribution in [0.5, 0.6) is 0 Å². The van der Waals surface area contributed by atoms with Crippen molar-refractivity contribution in [1.29, 1.82) is 0 Å². The monoisotopic (exact) mass is 365 g/mol. The van der Waals surface area contributed by atoms with Crippen LogP contribution in [-0.2, 0) is 24.4 Å². The van der Waals surface area contributed by atoms with Crippen LogP contribution in [0, 0.1) is 5.82 Å². The second kappa shape index (κ2) is 7.53. The third kappa shape index (κ3) is 4.03. The van der Waals surface area contributed by atoms with Crippen molar-refractivity contribution >= 4 is 16.8 Å². The van der Waals surface area contributed by atoms with Crippen molar-refractivity contribution in [3.8, 4) is 0 Å². The molecule has 0 saturated carbocycles. The zero-order valence-corrected chi connectivity index (χ0v) is 15.5. The van der Waals surface area contributed by atoms with Crippen LogP contribution in [0.15, 0.2) is 48.5 Å². The number of aromatic nitrogens is 1. The summed E-state index contributed by atoms with van der Waals surface area (Å²) in [5.74, 6) is -0.113. The lowest BCUT2D eigenvalue weighted by atomic mass is 10.1. The van der Waals surface area contributed by atoms with Gasteiger partial charge in [0.25, 0.3) is 0 Å². The molecule has 4 nitrogen and oxygen atoms in total. The smallest absolute Gasteiger partial charge is 0.222 e. The van der Waals surface area contributed by atoms with Gasteiger partial charge < -0.3 is 9.88 Å². The Bertz CT molecular complexity index is 940. The van der Waals surface area contributed by atoms with Gasteiger partial charge >= 0.3 is 0 Å². The third-order valence-corrected chi connectivity index (χ3v) is 5.24. The average molecular weight is 365 g/mol. The molecule has 4 rings (SSSR count). The number of benzene rings is 2. The number of halogens is 1. The van der Waals surface area contributed by atoms with Gasteiger partial charge in [-0.05, 0) is 48.4 Å². The van der Waals surface area contributed by atoms with Crippen LogP contribution in [0.2, 0.25) is 0 Å². The van der Waals surface area contributed by atoms with Gasteiger partial charge in [0.05, 0.1) is 6.54 Å². The van der Waals surface area contributed by atoms with Crippen molar-refractivity contribution in [3.63, 3.8) is 0 Å². The van der Waals surface area contributed by atoms with E-state index in [-0.39, 0.29) is 11.7 Å². The van der Waals surface area contributed by atoms with Gasteiger partial charge in [0, 0.05) is 43.2 Å². The fourth-order valence-electron chi connectivity index (χ4n) is 3.80. The maximum atomic E-state index is 13.3. The SMILES string of the molecule is CN(Cc1cc2cc(F)ccc2[nH]1)C(=O)CCCN1Cc2ccccc2C1. The highest BCUT2D eigenvalue weighted by Crippen LogP contribution is 2.22. The zero-order valence-electron chi connectivity index (χ0n) is 15.5. The number of nitrogens with one attached hydrogen (secondary N) is 1. The van der Waals surface area contributed by atoms with E-state index in [1.54, 1.807) is 11.0 Å². The summed E-state index contributed by atoms with van der Waals surface area (Å²) in [4.78, 5) is 19.8. The molecule has 5 heteroatoms. The van der Waals surface area contributed by atoms with E-state index in [1.807, 2.05) is 13.1 Å². The molecule has 1 N–H and O–H groups in total. The number of fused-ring (bicyclic) bond motifs is 2. The van der Waals surface area contributed by atoms with Gasteiger partial charge in [-0.25, -0.2) is 4.39 Å². The first kappa shape index (κ1) is 17.7. The van der Waals surface area contributed by atoms with E-state index in [1.165, 1.54) is 23.3 Å². The number of nitrogens with zero attached hydrogens (tertiary/aromatic N) is 2. The van der Waals surface area contributed by atoms with E-state index >= 15 is 0 Å². The van der Waals surface area contributed by atoms with Crippen molar-refractivity contribution < 1.29 is 9.18 Å². The number of amides is 1. The molecule has 1 aliphatic rings. The summed E-state index contributed by atoms with van der Waals surface area (Å²) in [6.45, 7) is 3.39. The lowest BCUT2D eigenvalue weighted by Gasteiger charge is -2.18. The normalized spacial score (nSPS) is 13.9. The van der Waals surface area contributed by atoms with Crippen LogP contribution in [-0.4, -0.2) is 34.3 Å². The van der Waals surface area contributed by atoms with E-state index in [9.17, 15) is 9.18 Å². The minimum absolute atomic E-state index is 0.136. The topological polar surface area (TPSA) is 39.3 Å². The summed E-state index contributed by atoms with van der Waals surface area (Å²) in [5, 5.41) is 0.833. The standard InChI is InChI=1S/C22H24FN3O/c1-25(15-20-12-18-11-19(23)8-9-21(18)24-20)22(27)7-4-10-26-13-16-5-2-3-6-17(16)14-26/h2-3,5-6,8-9,11-12,24H,4,7,10,13-15H2,1H3. The third-order valence-electron chi connectivity index (χ3n) is 5.24. The summed E-state index contributed by atoms with van der Waals surface area (Å²) < 4.78 is 13.3. The Labute approximate surface area is 158 Å². The predicted molar refractivity (Wildman–Crippen MR) is 105 cm³/mol. The van der Waals surface area contributed by atoms with Crippen LogP contribution in [0.4, 0.5) is 4.39 Å². The van der Waals surface area contributed by atoms with E-state index in [2.05, 4.69) is 34.1 Å². The molecule has 2 aromatic carbocycles. The van der Waals surface area contributed by atoms with Gasteiger partial charge in [-0.15, -0.1) is 0 Å². The molecule has 3 aromatic rings. The van der Waals surface area contributed by atoms with Gasteiger partial charge in [0.2, 0.25) is 5.91 Å². The molecule has 0 saturated heterocycles. The molecule has 0 radical (unpaired) electrons. The molecule has 140 valence electrons. The molecule has 0 unspecified atom stereocenters. The van der Waals surface area contributed by atoms with Crippen LogP contribution in [0.25, 0.3) is 10.9 Å². The molecule has 1 aromatic heterocycles. The molecular weight excluding hydrogens is 341 g/mol. The highest BCUT2D eigenvalue weighted by molar-refractivity contribution is 5.81. The molecule has 0 spiro atoms. The Morgan fingerprint density at radius 2 is 1.89 bits per heavy atom. The van der Waals surface area contributed by atoms with Crippen LogP contribution >= 0.6 is 0 Å². The van der Waals surface area contributed by atoms with Gasteiger partial charge in [0.1, 0.15) is 5.82 Å². The van der Waals surface area contributed by atoms with E-state index in [0.717, 1.165) is 42.7 Å². The Balaban J connectivity index is 1.25. The van der Waals surface area contributed by atoms with Crippen molar-refractivity contribution in [2.75, 3.05) is 13.6 Å². The van der Waals surface area contributed by atoms with Gasteiger partial charge in [-0.2, -0.15) is 0 Å². The van der Waals surface area contributed by atoms with Crippen molar-refractivity contribution in [1.82, 2.24) is 14.8 Å². The number of aromatic amines is 1. The largest absolute Gasteiger partial charge is 0.357 e. The summed E-state index contributed by atoms with van der Waals surface area (Å²) in [5.41, 5.74) is 4.61. The Morgan fingerprint density at radius 3 is 2.63 bits per heavy atom. The molecule has 27 heavy (non-hydrogen) atoms. The molecule has 1 amide bonds. The molecule has 0 aliphatic carbocycles. The molecule has 0 atom stereocenters. The summed E-state index contributed by atoms with van der Waals surface area (Å²) in [6.07, 6.45) is 1.40. The number of carbonyl (C=O) groups is 1. The van der Waals surface area contributed by atoms with Crippen molar-refractivity contribution in [2.24, 2.45) is 0 Å². The Hall–Kier alpha value is -2.66.